The highest BCUT2D eigenvalue weighted by molar-refractivity contribution is 5.76. The van der Waals surface area contributed by atoms with Crippen molar-refractivity contribution in [3.8, 4) is 0 Å². The largest absolute Gasteiger partial charge is 0.381 e. The van der Waals surface area contributed by atoms with E-state index in [0.29, 0.717) is 25.1 Å². The molecule has 0 atom stereocenters. The molecule has 0 heterocycles. The highest BCUT2D eigenvalue weighted by Gasteiger charge is 2.24. The van der Waals surface area contributed by atoms with Crippen LogP contribution in [-0.2, 0) is 9.53 Å². The molecule has 17 heavy (non-hydrogen) atoms. The number of nitrogens with zero attached hydrogens (tertiary/aromatic N) is 1. The van der Waals surface area contributed by atoms with Gasteiger partial charge < -0.3 is 15.4 Å². The van der Waals surface area contributed by atoms with E-state index in [1.165, 1.54) is 0 Å². The summed E-state index contributed by atoms with van der Waals surface area (Å²) in [5.74, 6) is 0.196. The molecule has 0 aromatic heterocycles. The Hall–Kier alpha value is -0.610. The van der Waals surface area contributed by atoms with Crippen LogP contribution in [0.15, 0.2) is 0 Å². The molecular formula is C13H26N2O2. The van der Waals surface area contributed by atoms with E-state index in [0.717, 1.165) is 38.7 Å². The molecule has 0 aliphatic heterocycles. The lowest BCUT2D eigenvalue weighted by molar-refractivity contribution is -0.133. The predicted octanol–water partition coefficient (Wildman–Crippen LogP) is 1.53. The number of carbonyl (C=O) groups is 1. The number of hydrogen-bond donors (Lipinski definition) is 1. The van der Waals surface area contributed by atoms with Gasteiger partial charge in [0.05, 0.1) is 13.0 Å². The Morgan fingerprint density at radius 1 is 1.29 bits per heavy atom. The summed E-state index contributed by atoms with van der Waals surface area (Å²) < 4.78 is 5.34. The summed E-state index contributed by atoms with van der Waals surface area (Å²) >= 11 is 0. The first-order valence-electron chi connectivity index (χ1n) is 6.74. The average molecular weight is 242 g/mol. The second kappa shape index (κ2) is 7.67. The Bertz CT molecular complexity index is 225. The van der Waals surface area contributed by atoms with Crippen molar-refractivity contribution in [1.29, 1.82) is 0 Å². The first-order valence-corrected chi connectivity index (χ1v) is 6.74. The topological polar surface area (TPSA) is 55.6 Å². The van der Waals surface area contributed by atoms with Gasteiger partial charge in [0.25, 0.3) is 0 Å². The van der Waals surface area contributed by atoms with Crippen LogP contribution in [0.4, 0.5) is 0 Å². The van der Waals surface area contributed by atoms with Gasteiger partial charge >= 0.3 is 0 Å². The molecule has 0 aromatic rings. The maximum absolute atomic E-state index is 11.9. The molecule has 0 radical (unpaired) electrons. The second-order valence-electron chi connectivity index (χ2n) is 4.94. The van der Waals surface area contributed by atoms with Gasteiger partial charge in [0, 0.05) is 25.7 Å². The van der Waals surface area contributed by atoms with Gasteiger partial charge in [0.15, 0.2) is 0 Å². The SMILES string of the molecule is CCCOCCC(=O)N(C)C1CCC(N)CC1. The Balaban J connectivity index is 2.21. The van der Waals surface area contributed by atoms with Gasteiger partial charge in [-0.05, 0) is 32.1 Å². The van der Waals surface area contributed by atoms with Crippen molar-refractivity contribution in [2.24, 2.45) is 5.73 Å². The predicted molar refractivity (Wildman–Crippen MR) is 68.7 cm³/mol. The molecule has 0 unspecified atom stereocenters. The van der Waals surface area contributed by atoms with Crippen LogP contribution in [0.1, 0.15) is 45.4 Å². The van der Waals surface area contributed by atoms with Gasteiger partial charge in [0.1, 0.15) is 0 Å². The van der Waals surface area contributed by atoms with E-state index in [-0.39, 0.29) is 5.91 Å². The van der Waals surface area contributed by atoms with Gasteiger partial charge in [-0.25, -0.2) is 0 Å². The fourth-order valence-electron chi connectivity index (χ4n) is 2.27. The van der Waals surface area contributed by atoms with E-state index in [9.17, 15) is 4.79 Å². The lowest BCUT2D eigenvalue weighted by Crippen LogP contribution is -2.42. The normalized spacial score (nSPS) is 24.6. The van der Waals surface area contributed by atoms with Gasteiger partial charge in [0.2, 0.25) is 5.91 Å². The number of carbonyl (C=O) groups excluding carboxylic acids is 1. The summed E-state index contributed by atoms with van der Waals surface area (Å²) in [5, 5.41) is 0. The summed E-state index contributed by atoms with van der Waals surface area (Å²) in [6, 6.07) is 0.719. The molecule has 1 amide bonds. The van der Waals surface area contributed by atoms with Crippen LogP contribution in [-0.4, -0.2) is 43.2 Å². The number of nitrogens with two attached hydrogens (primary N) is 1. The monoisotopic (exact) mass is 242 g/mol. The van der Waals surface area contributed by atoms with Gasteiger partial charge in [-0.3, -0.25) is 4.79 Å². The van der Waals surface area contributed by atoms with E-state index in [1.807, 2.05) is 11.9 Å². The molecule has 1 fully saturated rings. The summed E-state index contributed by atoms with van der Waals surface area (Å²) in [7, 11) is 1.91. The zero-order valence-electron chi connectivity index (χ0n) is 11.2. The molecule has 100 valence electrons. The molecule has 0 aromatic carbocycles. The van der Waals surface area contributed by atoms with Crippen molar-refractivity contribution in [2.45, 2.75) is 57.5 Å². The minimum Gasteiger partial charge on any atom is -0.381 e. The van der Waals surface area contributed by atoms with Crippen molar-refractivity contribution < 1.29 is 9.53 Å². The Kier molecular flexibility index (Phi) is 6.52. The van der Waals surface area contributed by atoms with Crippen LogP contribution in [0.5, 0.6) is 0 Å². The van der Waals surface area contributed by atoms with Gasteiger partial charge in [-0.2, -0.15) is 0 Å². The van der Waals surface area contributed by atoms with Crippen LogP contribution in [0, 0.1) is 0 Å². The number of hydrogen-bond acceptors (Lipinski definition) is 3. The van der Waals surface area contributed by atoms with Crippen LogP contribution in [0.3, 0.4) is 0 Å². The summed E-state index contributed by atoms with van der Waals surface area (Å²) in [5.41, 5.74) is 5.86. The maximum Gasteiger partial charge on any atom is 0.224 e. The van der Waals surface area contributed by atoms with Crippen molar-refractivity contribution in [2.75, 3.05) is 20.3 Å². The molecule has 4 nitrogen and oxygen atoms in total. The highest BCUT2D eigenvalue weighted by atomic mass is 16.5. The quantitative estimate of drug-likeness (QED) is 0.719. The van der Waals surface area contributed by atoms with Crippen molar-refractivity contribution in [3.63, 3.8) is 0 Å². The molecule has 1 rings (SSSR count). The van der Waals surface area contributed by atoms with Crippen LogP contribution < -0.4 is 5.73 Å². The lowest BCUT2D eigenvalue weighted by atomic mass is 9.91. The summed E-state index contributed by atoms with van der Waals surface area (Å²) in [6.07, 6.45) is 5.66. The van der Waals surface area contributed by atoms with Crippen molar-refractivity contribution in [3.05, 3.63) is 0 Å². The molecule has 0 saturated heterocycles. The molecule has 0 bridgehead atoms. The molecule has 1 aliphatic carbocycles. The minimum atomic E-state index is 0.196. The maximum atomic E-state index is 11.9. The summed E-state index contributed by atoms with van der Waals surface area (Å²) in [6.45, 7) is 3.36. The third-order valence-electron chi connectivity index (χ3n) is 3.49. The Morgan fingerprint density at radius 3 is 2.53 bits per heavy atom. The zero-order chi connectivity index (χ0) is 12.7. The van der Waals surface area contributed by atoms with E-state index in [1.54, 1.807) is 0 Å². The van der Waals surface area contributed by atoms with Crippen molar-refractivity contribution in [1.82, 2.24) is 4.90 Å². The number of rotatable bonds is 6. The van der Waals surface area contributed by atoms with Crippen molar-refractivity contribution >= 4 is 5.91 Å². The number of amides is 1. The third kappa shape index (κ3) is 5.04. The minimum absolute atomic E-state index is 0.196. The molecule has 0 spiro atoms. The fourth-order valence-corrected chi connectivity index (χ4v) is 2.27. The van der Waals surface area contributed by atoms with E-state index in [2.05, 4.69) is 6.92 Å². The fraction of sp³-hybridized carbons (Fsp3) is 0.923. The van der Waals surface area contributed by atoms with Gasteiger partial charge in [-0.15, -0.1) is 0 Å². The molecule has 1 aliphatic rings. The third-order valence-corrected chi connectivity index (χ3v) is 3.49. The first kappa shape index (κ1) is 14.5. The Morgan fingerprint density at radius 2 is 1.94 bits per heavy atom. The molecular weight excluding hydrogens is 216 g/mol. The molecule has 2 N–H and O–H groups in total. The van der Waals surface area contributed by atoms with Gasteiger partial charge in [-0.1, -0.05) is 6.92 Å². The van der Waals surface area contributed by atoms with Crippen LogP contribution in [0.25, 0.3) is 0 Å². The van der Waals surface area contributed by atoms with Crippen LogP contribution >= 0.6 is 0 Å². The van der Waals surface area contributed by atoms with Crippen LogP contribution in [0.2, 0.25) is 0 Å². The van der Waals surface area contributed by atoms with E-state index in [4.69, 9.17) is 10.5 Å². The smallest absolute Gasteiger partial charge is 0.224 e. The average Bonchev–Trinajstić information content (AvgIpc) is 2.34. The standard InChI is InChI=1S/C13H26N2O2/c1-3-9-17-10-8-13(16)15(2)12-6-4-11(14)5-7-12/h11-12H,3-10,14H2,1-2H3. The second-order valence-corrected chi connectivity index (χ2v) is 4.94. The highest BCUT2D eigenvalue weighted by Crippen LogP contribution is 2.21. The lowest BCUT2D eigenvalue weighted by Gasteiger charge is -2.33. The molecule has 1 saturated carbocycles. The first-order chi connectivity index (χ1) is 8.15. The molecule has 4 heteroatoms. The number of ether oxygens (including phenoxy) is 1. The zero-order valence-corrected chi connectivity index (χ0v) is 11.2. The Labute approximate surface area is 104 Å². The summed E-state index contributed by atoms with van der Waals surface area (Å²) in [4.78, 5) is 13.8. The van der Waals surface area contributed by atoms with E-state index < -0.39 is 0 Å². The van der Waals surface area contributed by atoms with E-state index >= 15 is 0 Å².